The number of nitrogens with zero attached hydrogens (tertiary/aromatic N) is 1. The van der Waals surface area contributed by atoms with Gasteiger partial charge in [-0.15, -0.1) is 0 Å². The van der Waals surface area contributed by atoms with Gasteiger partial charge in [0.15, 0.2) is 0 Å². The molecule has 34 heavy (non-hydrogen) atoms. The minimum atomic E-state index is -4.73. The van der Waals surface area contributed by atoms with Crippen LogP contribution in [0.15, 0.2) is 59.6 Å². The van der Waals surface area contributed by atoms with Crippen LogP contribution in [0.4, 0.5) is 41.7 Å². The molecule has 178 valence electrons. The molecule has 0 spiro atoms. The van der Waals surface area contributed by atoms with Crippen LogP contribution in [0.3, 0.4) is 0 Å². The predicted octanol–water partition coefficient (Wildman–Crippen LogP) is 4.38. The Bertz CT molecular complexity index is 1360. The Morgan fingerprint density at radius 2 is 1.76 bits per heavy atom. The van der Waals surface area contributed by atoms with E-state index >= 15 is 0 Å². The number of fused-ring (bicyclic) bond motifs is 1. The van der Waals surface area contributed by atoms with Crippen LogP contribution in [-0.2, 0) is 27.4 Å². The van der Waals surface area contributed by atoms with Crippen molar-refractivity contribution in [2.45, 2.75) is 23.9 Å². The van der Waals surface area contributed by atoms with Gasteiger partial charge in [0.2, 0.25) is 15.9 Å². The Balaban J connectivity index is 1.69. The highest BCUT2D eigenvalue weighted by Gasteiger charge is 2.35. The van der Waals surface area contributed by atoms with E-state index in [-0.39, 0.29) is 28.0 Å². The largest absolute Gasteiger partial charge is 0.419 e. The Hall–Kier alpha value is -3.64. The molecule has 1 aromatic heterocycles. The Morgan fingerprint density at radius 1 is 1.00 bits per heavy atom. The number of hydrogen-bond acceptors (Lipinski definition) is 6. The van der Waals surface area contributed by atoms with Crippen LogP contribution in [0, 0.1) is 0 Å². The van der Waals surface area contributed by atoms with E-state index < -0.39 is 21.8 Å². The van der Waals surface area contributed by atoms with E-state index in [1.807, 2.05) is 0 Å². The molecule has 4 N–H and O–H groups in total. The van der Waals surface area contributed by atoms with Crippen LogP contribution >= 0.6 is 0 Å². The third kappa shape index (κ3) is 4.97. The van der Waals surface area contributed by atoms with Gasteiger partial charge in [-0.05, 0) is 49.4 Å². The highest BCUT2D eigenvalue weighted by molar-refractivity contribution is 7.89. The molecule has 2 aromatic carbocycles. The molecule has 0 bridgehead atoms. The number of carbonyl (C=O) groups is 1. The number of sulfonamides is 1. The minimum Gasteiger partial charge on any atom is -0.354 e. The summed E-state index contributed by atoms with van der Waals surface area (Å²) >= 11 is 0. The molecule has 0 saturated carbocycles. The summed E-state index contributed by atoms with van der Waals surface area (Å²) in [5.74, 6) is 0.0400. The predicted molar refractivity (Wildman–Crippen MR) is 122 cm³/mol. The zero-order valence-electron chi connectivity index (χ0n) is 17.8. The second-order valence-electron chi connectivity index (χ2n) is 7.49. The van der Waals surface area contributed by atoms with Crippen LogP contribution in [0.1, 0.15) is 17.5 Å². The number of pyridine rings is 1. The number of alkyl halides is 3. The smallest absolute Gasteiger partial charge is 0.354 e. The van der Waals surface area contributed by atoms with Crippen molar-refractivity contribution in [1.82, 2.24) is 9.71 Å². The second kappa shape index (κ2) is 8.95. The first kappa shape index (κ1) is 23.5. The summed E-state index contributed by atoms with van der Waals surface area (Å²) in [6, 6.07) is 12.0. The molecule has 12 heteroatoms. The molecule has 0 aliphatic carbocycles. The number of rotatable bonds is 6. The topological polar surface area (TPSA) is 112 Å². The molecule has 0 fully saturated rings. The third-order valence-electron chi connectivity index (χ3n) is 5.20. The van der Waals surface area contributed by atoms with Gasteiger partial charge in [0, 0.05) is 30.1 Å². The second-order valence-corrected chi connectivity index (χ2v) is 9.34. The van der Waals surface area contributed by atoms with E-state index in [1.165, 1.54) is 31.3 Å². The number of aryl methyl sites for hydroxylation is 1. The number of amides is 1. The van der Waals surface area contributed by atoms with Crippen molar-refractivity contribution in [2.24, 2.45) is 0 Å². The lowest BCUT2D eigenvalue weighted by Crippen LogP contribution is -2.20. The van der Waals surface area contributed by atoms with Crippen molar-refractivity contribution in [2.75, 3.05) is 23.0 Å². The SMILES string of the molecule is CNS(=O)(=O)c1ccccc1Nc1cc(Nc2ccc3c(c2)CCC(=O)N3)ncc1C(F)(F)F. The summed E-state index contributed by atoms with van der Waals surface area (Å²) in [6.45, 7) is 0. The van der Waals surface area contributed by atoms with Gasteiger partial charge in [-0.1, -0.05) is 12.1 Å². The maximum absolute atomic E-state index is 13.7. The molecule has 0 atom stereocenters. The lowest BCUT2D eigenvalue weighted by molar-refractivity contribution is -0.137. The van der Waals surface area contributed by atoms with Crippen molar-refractivity contribution >= 4 is 44.5 Å². The van der Waals surface area contributed by atoms with Crippen molar-refractivity contribution in [3.05, 3.63) is 65.9 Å². The highest BCUT2D eigenvalue weighted by atomic mass is 32.2. The van der Waals surface area contributed by atoms with Gasteiger partial charge in [-0.25, -0.2) is 18.1 Å². The number of para-hydroxylation sites is 1. The summed E-state index contributed by atoms with van der Waals surface area (Å²) in [5, 5.41) is 8.33. The Labute approximate surface area is 193 Å². The summed E-state index contributed by atoms with van der Waals surface area (Å²) in [4.78, 5) is 15.2. The maximum atomic E-state index is 13.7. The van der Waals surface area contributed by atoms with Gasteiger partial charge in [0.1, 0.15) is 10.7 Å². The van der Waals surface area contributed by atoms with Crippen molar-refractivity contribution in [1.29, 1.82) is 0 Å². The van der Waals surface area contributed by atoms with Gasteiger partial charge in [-0.3, -0.25) is 4.79 Å². The Morgan fingerprint density at radius 3 is 2.50 bits per heavy atom. The summed E-state index contributed by atoms with van der Waals surface area (Å²) in [6.07, 6.45) is -3.16. The van der Waals surface area contributed by atoms with Gasteiger partial charge in [0.25, 0.3) is 0 Å². The molecule has 8 nitrogen and oxygen atoms in total. The van der Waals surface area contributed by atoms with E-state index in [4.69, 9.17) is 0 Å². The Kier molecular flexibility index (Phi) is 6.19. The standard InChI is InChI=1S/C22H20F3N5O3S/c1-26-34(32,33)19-5-3-2-4-17(19)29-18-11-20(27-12-15(18)22(23,24)25)28-14-7-8-16-13(10-14)6-9-21(31)30-16/h2-5,7-8,10-12,26H,6,9H2,1H3,(H,30,31)(H2,27,28,29). The van der Waals surface area contributed by atoms with Crippen LogP contribution in [0.5, 0.6) is 0 Å². The average molecular weight is 491 g/mol. The van der Waals surface area contributed by atoms with Crippen LogP contribution in [0.25, 0.3) is 0 Å². The third-order valence-corrected chi connectivity index (χ3v) is 6.67. The van der Waals surface area contributed by atoms with Gasteiger partial charge < -0.3 is 16.0 Å². The van der Waals surface area contributed by atoms with E-state index in [0.29, 0.717) is 30.4 Å². The summed E-state index contributed by atoms with van der Waals surface area (Å²) in [7, 11) is -2.71. The zero-order chi connectivity index (χ0) is 24.5. The first-order valence-corrected chi connectivity index (χ1v) is 11.6. The van der Waals surface area contributed by atoms with E-state index in [2.05, 4.69) is 25.7 Å². The lowest BCUT2D eigenvalue weighted by atomic mass is 10.0. The fraction of sp³-hybridized carbons (Fsp3) is 0.182. The molecule has 4 rings (SSSR count). The number of nitrogens with one attached hydrogen (secondary N) is 4. The zero-order valence-corrected chi connectivity index (χ0v) is 18.6. The summed E-state index contributed by atoms with van der Waals surface area (Å²) < 4.78 is 67.8. The molecular formula is C22H20F3N5O3S. The molecule has 2 heterocycles. The first-order valence-electron chi connectivity index (χ1n) is 10.1. The average Bonchev–Trinajstić information content (AvgIpc) is 2.79. The molecule has 1 aliphatic rings. The van der Waals surface area contributed by atoms with Gasteiger partial charge >= 0.3 is 6.18 Å². The maximum Gasteiger partial charge on any atom is 0.419 e. The van der Waals surface area contributed by atoms with E-state index in [0.717, 1.165) is 11.6 Å². The number of halogens is 3. The van der Waals surface area contributed by atoms with Gasteiger partial charge in [-0.2, -0.15) is 13.2 Å². The number of anilines is 5. The van der Waals surface area contributed by atoms with Crippen LogP contribution < -0.4 is 20.7 Å². The fourth-order valence-electron chi connectivity index (χ4n) is 3.52. The quantitative estimate of drug-likeness (QED) is 0.407. The lowest BCUT2D eigenvalue weighted by Gasteiger charge is -2.19. The van der Waals surface area contributed by atoms with Crippen molar-refractivity contribution in [3.8, 4) is 0 Å². The van der Waals surface area contributed by atoms with E-state index in [9.17, 15) is 26.4 Å². The molecule has 3 aromatic rings. The van der Waals surface area contributed by atoms with Crippen molar-refractivity contribution in [3.63, 3.8) is 0 Å². The summed E-state index contributed by atoms with van der Waals surface area (Å²) in [5.41, 5.74) is 0.708. The van der Waals surface area contributed by atoms with Gasteiger partial charge in [0.05, 0.1) is 16.9 Å². The number of aromatic nitrogens is 1. The molecular weight excluding hydrogens is 471 g/mol. The molecule has 0 unspecified atom stereocenters. The first-order chi connectivity index (χ1) is 16.1. The van der Waals surface area contributed by atoms with Crippen LogP contribution in [0.2, 0.25) is 0 Å². The normalized spacial score (nSPS) is 13.7. The highest BCUT2D eigenvalue weighted by Crippen LogP contribution is 2.38. The monoisotopic (exact) mass is 491 g/mol. The number of benzene rings is 2. The molecule has 1 aliphatic heterocycles. The number of carbonyl (C=O) groups excluding carboxylic acids is 1. The molecule has 1 amide bonds. The molecule has 0 saturated heterocycles. The number of hydrogen-bond donors (Lipinski definition) is 4. The van der Waals surface area contributed by atoms with Crippen molar-refractivity contribution < 1.29 is 26.4 Å². The minimum absolute atomic E-state index is 0.0241. The van der Waals surface area contributed by atoms with E-state index in [1.54, 1.807) is 18.2 Å². The fourth-order valence-corrected chi connectivity index (χ4v) is 4.41. The van der Waals surface area contributed by atoms with Crippen LogP contribution in [-0.4, -0.2) is 26.4 Å². The molecule has 0 radical (unpaired) electrons.